The van der Waals surface area contributed by atoms with Gasteiger partial charge in [0.2, 0.25) is 0 Å². The molecule has 1 aliphatic rings. The molecule has 2 atom stereocenters. The largest absolute Gasteiger partial charge is 0.441 e. The molecule has 1 aliphatic heterocycles. The summed E-state index contributed by atoms with van der Waals surface area (Å²) >= 11 is 0. The summed E-state index contributed by atoms with van der Waals surface area (Å²) in [4.78, 5) is 21.3. The van der Waals surface area contributed by atoms with E-state index in [2.05, 4.69) is 33.5 Å². The van der Waals surface area contributed by atoms with Crippen LogP contribution in [-0.2, 0) is 7.05 Å². The molecule has 29 heavy (non-hydrogen) atoms. The molecular weight excluding hydrogens is 368 g/mol. The first-order chi connectivity index (χ1) is 13.9. The number of likely N-dealkylation sites (tertiary alicyclic amines) is 1. The third-order valence-electron chi connectivity index (χ3n) is 5.67. The van der Waals surface area contributed by atoms with Crippen molar-refractivity contribution in [2.45, 2.75) is 25.8 Å². The molecule has 8 nitrogen and oxygen atoms in total. The number of aromatic nitrogens is 3. The van der Waals surface area contributed by atoms with E-state index in [1.54, 1.807) is 4.90 Å². The number of piperidine rings is 1. The number of nitrogens with one attached hydrogen (secondary N) is 1. The second-order valence-electron chi connectivity index (χ2n) is 8.00. The minimum absolute atomic E-state index is 0.122. The molecule has 1 N–H and O–H groups in total. The second kappa shape index (κ2) is 7.87. The van der Waals surface area contributed by atoms with Crippen molar-refractivity contribution in [2.75, 3.05) is 32.5 Å². The molecule has 0 unspecified atom stereocenters. The lowest BCUT2D eigenvalue weighted by molar-refractivity contribution is 0.101. The fourth-order valence-corrected chi connectivity index (χ4v) is 4.34. The van der Waals surface area contributed by atoms with E-state index >= 15 is 0 Å². The maximum absolute atomic E-state index is 12.8. The third kappa shape index (κ3) is 4.12. The normalized spacial score (nSPS) is 20.1. The maximum atomic E-state index is 12.8. The Morgan fingerprint density at radius 3 is 2.97 bits per heavy atom. The number of hydrogen-bond acceptors (Lipinski definition) is 5. The molecular formula is C21H28N6O2. The van der Waals surface area contributed by atoms with Gasteiger partial charge < -0.3 is 14.6 Å². The number of oxazole rings is 1. The Hall–Kier alpha value is -2.87. The van der Waals surface area contributed by atoms with Crippen LogP contribution in [0.1, 0.15) is 30.3 Å². The number of urea groups is 1. The standard InChI is InChI=1S/C21H28N6O2/c1-14-23-18-10-17(7-8-19(18)29-14)24-21(28)26(3)12-15-6-5-9-25(2)20(15)16-11-22-27(4)13-16/h7-8,10-11,13,15,20H,5-6,9,12H2,1-4H3,(H,24,28)/t15-,20+/m0/s1. The summed E-state index contributed by atoms with van der Waals surface area (Å²) in [5, 5.41) is 7.32. The van der Waals surface area contributed by atoms with Crippen molar-refractivity contribution < 1.29 is 9.21 Å². The molecule has 1 fully saturated rings. The van der Waals surface area contributed by atoms with Crippen LogP contribution < -0.4 is 5.32 Å². The van der Waals surface area contributed by atoms with E-state index in [1.165, 1.54) is 5.56 Å². The van der Waals surface area contributed by atoms with Crippen LogP contribution in [0.4, 0.5) is 10.5 Å². The molecule has 8 heteroatoms. The van der Waals surface area contributed by atoms with Gasteiger partial charge in [-0.1, -0.05) is 0 Å². The summed E-state index contributed by atoms with van der Waals surface area (Å²) in [6.07, 6.45) is 6.24. The average molecular weight is 396 g/mol. The molecule has 1 saturated heterocycles. The van der Waals surface area contributed by atoms with Gasteiger partial charge in [-0.25, -0.2) is 9.78 Å². The van der Waals surface area contributed by atoms with Crippen molar-refractivity contribution >= 4 is 22.8 Å². The predicted molar refractivity (Wildman–Crippen MR) is 112 cm³/mol. The molecule has 2 aromatic heterocycles. The van der Waals surface area contributed by atoms with Crippen LogP contribution in [-0.4, -0.2) is 57.8 Å². The number of rotatable bonds is 4. The maximum Gasteiger partial charge on any atom is 0.321 e. The minimum Gasteiger partial charge on any atom is -0.441 e. The van der Waals surface area contributed by atoms with Gasteiger partial charge in [-0.2, -0.15) is 5.10 Å². The van der Waals surface area contributed by atoms with E-state index in [4.69, 9.17) is 4.42 Å². The van der Waals surface area contributed by atoms with Gasteiger partial charge in [0.25, 0.3) is 0 Å². The summed E-state index contributed by atoms with van der Waals surface area (Å²) in [5.41, 5.74) is 3.39. The Morgan fingerprint density at radius 2 is 2.21 bits per heavy atom. The monoisotopic (exact) mass is 396 g/mol. The highest BCUT2D eigenvalue weighted by Crippen LogP contribution is 2.35. The lowest BCUT2D eigenvalue weighted by Crippen LogP contribution is -2.43. The Kier molecular flexibility index (Phi) is 5.27. The minimum atomic E-state index is -0.122. The zero-order valence-electron chi connectivity index (χ0n) is 17.4. The van der Waals surface area contributed by atoms with Gasteiger partial charge >= 0.3 is 6.03 Å². The fraction of sp³-hybridized carbons (Fsp3) is 0.476. The number of fused-ring (bicyclic) bond motifs is 1. The number of carbonyl (C=O) groups excluding carboxylic acids is 1. The molecule has 4 rings (SSSR count). The number of amides is 2. The molecule has 1 aromatic carbocycles. The van der Waals surface area contributed by atoms with Gasteiger partial charge in [0.15, 0.2) is 11.5 Å². The molecule has 3 aromatic rings. The van der Waals surface area contributed by atoms with Crippen LogP contribution >= 0.6 is 0 Å². The van der Waals surface area contributed by atoms with Crippen molar-refractivity contribution in [2.24, 2.45) is 13.0 Å². The Balaban J connectivity index is 1.44. The third-order valence-corrected chi connectivity index (χ3v) is 5.67. The summed E-state index contributed by atoms with van der Waals surface area (Å²) < 4.78 is 7.34. The van der Waals surface area contributed by atoms with E-state index in [1.807, 2.05) is 50.1 Å². The average Bonchev–Trinajstić information content (AvgIpc) is 3.25. The molecule has 0 saturated carbocycles. The van der Waals surface area contributed by atoms with Gasteiger partial charge in [0.05, 0.1) is 6.20 Å². The molecule has 3 heterocycles. The number of aryl methyl sites for hydroxylation is 2. The topological polar surface area (TPSA) is 79.4 Å². The van der Waals surface area contributed by atoms with E-state index in [0.29, 0.717) is 24.0 Å². The van der Waals surface area contributed by atoms with Gasteiger partial charge in [0, 0.05) is 51.1 Å². The lowest BCUT2D eigenvalue weighted by Gasteiger charge is -2.40. The van der Waals surface area contributed by atoms with Crippen LogP contribution in [0.25, 0.3) is 11.1 Å². The van der Waals surface area contributed by atoms with Crippen LogP contribution in [0.2, 0.25) is 0 Å². The fourth-order valence-electron chi connectivity index (χ4n) is 4.34. The number of anilines is 1. The molecule has 0 radical (unpaired) electrons. The number of benzene rings is 1. The highest BCUT2D eigenvalue weighted by atomic mass is 16.3. The number of hydrogen-bond donors (Lipinski definition) is 1. The van der Waals surface area contributed by atoms with E-state index in [9.17, 15) is 4.79 Å². The molecule has 0 spiro atoms. The van der Waals surface area contributed by atoms with Crippen molar-refractivity contribution in [1.82, 2.24) is 24.6 Å². The number of nitrogens with zero attached hydrogens (tertiary/aromatic N) is 5. The number of carbonyl (C=O) groups is 1. The Bertz CT molecular complexity index is 1010. The Labute approximate surface area is 170 Å². The van der Waals surface area contributed by atoms with Crippen LogP contribution in [0.15, 0.2) is 35.0 Å². The SMILES string of the molecule is Cc1nc2cc(NC(=O)N(C)C[C@@H]3CCCN(C)[C@H]3c3cnn(C)c3)ccc2o1. The molecule has 0 bridgehead atoms. The Morgan fingerprint density at radius 1 is 1.38 bits per heavy atom. The highest BCUT2D eigenvalue weighted by Gasteiger charge is 2.32. The van der Waals surface area contributed by atoms with Gasteiger partial charge in [-0.3, -0.25) is 9.58 Å². The first kappa shape index (κ1) is 19.4. The highest BCUT2D eigenvalue weighted by molar-refractivity contribution is 5.91. The first-order valence-electron chi connectivity index (χ1n) is 9.99. The first-order valence-corrected chi connectivity index (χ1v) is 9.99. The van der Waals surface area contributed by atoms with E-state index in [-0.39, 0.29) is 12.1 Å². The van der Waals surface area contributed by atoms with Gasteiger partial charge in [-0.05, 0) is 50.6 Å². The molecule has 154 valence electrons. The van der Waals surface area contributed by atoms with Crippen LogP contribution in [0.5, 0.6) is 0 Å². The van der Waals surface area contributed by atoms with Gasteiger partial charge in [0.1, 0.15) is 5.52 Å². The van der Waals surface area contributed by atoms with E-state index in [0.717, 1.165) is 30.5 Å². The van der Waals surface area contributed by atoms with E-state index < -0.39 is 0 Å². The summed E-state index contributed by atoms with van der Waals surface area (Å²) in [6, 6.07) is 5.65. The van der Waals surface area contributed by atoms with Crippen LogP contribution in [0.3, 0.4) is 0 Å². The zero-order valence-corrected chi connectivity index (χ0v) is 17.4. The summed E-state index contributed by atoms with van der Waals surface area (Å²) in [5.74, 6) is 0.970. The predicted octanol–water partition coefficient (Wildman–Crippen LogP) is 3.42. The molecule has 2 amide bonds. The zero-order chi connectivity index (χ0) is 20.5. The summed E-state index contributed by atoms with van der Waals surface area (Å²) in [7, 11) is 5.94. The van der Waals surface area contributed by atoms with Crippen molar-refractivity contribution in [3.05, 3.63) is 42.0 Å². The van der Waals surface area contributed by atoms with Crippen molar-refractivity contribution in [3.63, 3.8) is 0 Å². The smallest absolute Gasteiger partial charge is 0.321 e. The molecule has 0 aliphatic carbocycles. The summed E-state index contributed by atoms with van der Waals surface area (Å²) in [6.45, 7) is 3.55. The van der Waals surface area contributed by atoms with Gasteiger partial charge in [-0.15, -0.1) is 0 Å². The quantitative estimate of drug-likeness (QED) is 0.731. The van der Waals surface area contributed by atoms with Crippen molar-refractivity contribution in [3.8, 4) is 0 Å². The second-order valence-corrected chi connectivity index (χ2v) is 8.00. The van der Waals surface area contributed by atoms with Crippen molar-refractivity contribution in [1.29, 1.82) is 0 Å². The lowest BCUT2D eigenvalue weighted by atomic mass is 9.86. The van der Waals surface area contributed by atoms with Crippen LogP contribution in [0, 0.1) is 12.8 Å².